The third-order valence-corrected chi connectivity index (χ3v) is 5.95. The zero-order valence-electron chi connectivity index (χ0n) is 12.5. The van der Waals surface area contributed by atoms with Gasteiger partial charge in [0.15, 0.2) is 0 Å². The molecule has 0 aromatic heterocycles. The Morgan fingerprint density at radius 3 is 2.75 bits per heavy atom. The lowest BCUT2D eigenvalue weighted by Crippen LogP contribution is -2.42. The topological polar surface area (TPSA) is 49.4 Å². The van der Waals surface area contributed by atoms with Crippen LogP contribution >= 0.6 is 0 Å². The number of nitrogens with one attached hydrogen (secondary N) is 1. The molecule has 20 heavy (non-hydrogen) atoms. The van der Waals surface area contributed by atoms with E-state index in [0.29, 0.717) is 23.9 Å². The van der Waals surface area contributed by atoms with Crippen LogP contribution in [0.15, 0.2) is 23.1 Å². The number of aryl methyl sites for hydroxylation is 2. The first-order valence-corrected chi connectivity index (χ1v) is 8.61. The minimum atomic E-state index is -3.36. The predicted octanol–water partition coefficient (Wildman–Crippen LogP) is 1.92. The fourth-order valence-electron chi connectivity index (χ4n) is 2.93. The number of hydrogen-bond donors (Lipinski definition) is 1. The zero-order valence-corrected chi connectivity index (χ0v) is 13.3. The lowest BCUT2D eigenvalue weighted by Gasteiger charge is -2.32. The molecule has 1 saturated heterocycles. The van der Waals surface area contributed by atoms with Crippen LogP contribution in [0.1, 0.15) is 24.0 Å². The Morgan fingerprint density at radius 2 is 2.10 bits per heavy atom. The van der Waals surface area contributed by atoms with Gasteiger partial charge in [-0.3, -0.25) is 0 Å². The van der Waals surface area contributed by atoms with Crippen molar-refractivity contribution in [2.24, 2.45) is 5.92 Å². The third-order valence-electron chi connectivity index (χ3n) is 3.92. The number of benzene rings is 1. The fraction of sp³-hybridized carbons (Fsp3) is 0.600. The number of piperidine rings is 1. The van der Waals surface area contributed by atoms with E-state index >= 15 is 0 Å². The maximum atomic E-state index is 12.8. The van der Waals surface area contributed by atoms with E-state index in [1.165, 1.54) is 0 Å². The average Bonchev–Trinajstić information content (AvgIpc) is 2.39. The molecular weight excluding hydrogens is 272 g/mol. The largest absolute Gasteiger partial charge is 0.319 e. The van der Waals surface area contributed by atoms with Crippen molar-refractivity contribution in [1.82, 2.24) is 9.62 Å². The normalized spacial score (nSPS) is 21.1. The van der Waals surface area contributed by atoms with E-state index in [1.54, 1.807) is 10.4 Å². The van der Waals surface area contributed by atoms with E-state index in [9.17, 15) is 8.42 Å². The highest BCUT2D eigenvalue weighted by Crippen LogP contribution is 2.25. The first-order valence-electron chi connectivity index (χ1n) is 7.17. The highest BCUT2D eigenvalue weighted by atomic mass is 32.2. The van der Waals surface area contributed by atoms with Crippen LogP contribution in [0.4, 0.5) is 0 Å². The van der Waals surface area contributed by atoms with Gasteiger partial charge in [0.1, 0.15) is 0 Å². The molecule has 1 aliphatic heterocycles. The van der Waals surface area contributed by atoms with Crippen LogP contribution in [0.3, 0.4) is 0 Å². The van der Waals surface area contributed by atoms with Crippen molar-refractivity contribution in [3.05, 3.63) is 29.3 Å². The Morgan fingerprint density at radius 1 is 1.35 bits per heavy atom. The van der Waals surface area contributed by atoms with Gasteiger partial charge in [-0.25, -0.2) is 8.42 Å². The smallest absolute Gasteiger partial charge is 0.243 e. The van der Waals surface area contributed by atoms with Crippen molar-refractivity contribution in [2.75, 3.05) is 26.7 Å². The second kappa shape index (κ2) is 6.24. The van der Waals surface area contributed by atoms with Gasteiger partial charge in [0.05, 0.1) is 4.90 Å². The average molecular weight is 296 g/mol. The fourth-order valence-corrected chi connectivity index (χ4v) is 4.69. The van der Waals surface area contributed by atoms with Gasteiger partial charge in [-0.15, -0.1) is 0 Å². The predicted molar refractivity (Wildman–Crippen MR) is 81.3 cm³/mol. The molecule has 1 aromatic carbocycles. The summed E-state index contributed by atoms with van der Waals surface area (Å²) in [6.07, 6.45) is 2.04. The van der Waals surface area contributed by atoms with E-state index in [2.05, 4.69) is 5.32 Å². The Bertz CT molecular complexity index is 567. The van der Waals surface area contributed by atoms with E-state index < -0.39 is 10.0 Å². The summed E-state index contributed by atoms with van der Waals surface area (Å²) < 4.78 is 27.2. The maximum Gasteiger partial charge on any atom is 0.243 e. The molecular formula is C15H24N2O2S. The summed E-state index contributed by atoms with van der Waals surface area (Å²) in [5.41, 5.74) is 1.92. The molecule has 1 atom stereocenters. The molecule has 1 N–H and O–H groups in total. The summed E-state index contributed by atoms with van der Waals surface area (Å²) >= 11 is 0. The van der Waals surface area contributed by atoms with Crippen molar-refractivity contribution in [3.63, 3.8) is 0 Å². The molecule has 1 heterocycles. The Labute approximate surface area is 122 Å². The van der Waals surface area contributed by atoms with Gasteiger partial charge in [0.2, 0.25) is 10.0 Å². The van der Waals surface area contributed by atoms with Crippen LogP contribution < -0.4 is 5.32 Å². The second-order valence-corrected chi connectivity index (χ2v) is 7.60. The highest BCUT2D eigenvalue weighted by Gasteiger charge is 2.30. The molecule has 2 rings (SSSR count). The lowest BCUT2D eigenvalue weighted by atomic mass is 10.00. The minimum absolute atomic E-state index is 0.411. The summed E-state index contributed by atoms with van der Waals surface area (Å²) in [6, 6.07) is 5.54. The van der Waals surface area contributed by atoms with Gasteiger partial charge in [-0.2, -0.15) is 4.31 Å². The molecule has 0 radical (unpaired) electrons. The standard InChI is InChI=1S/C15H24N2O2S/c1-12-6-7-15(13(2)9-12)20(18,19)17-8-4-5-14(11-17)10-16-3/h6-7,9,14,16H,4-5,8,10-11H2,1-3H3. The first-order chi connectivity index (χ1) is 9.45. The maximum absolute atomic E-state index is 12.8. The zero-order chi connectivity index (χ0) is 14.8. The summed E-state index contributed by atoms with van der Waals surface area (Å²) in [7, 11) is -1.44. The third kappa shape index (κ3) is 3.22. The molecule has 1 unspecified atom stereocenters. The molecule has 1 aliphatic rings. The van der Waals surface area contributed by atoms with Crippen LogP contribution in [0.2, 0.25) is 0 Å². The number of rotatable bonds is 4. The second-order valence-electron chi connectivity index (χ2n) is 5.70. The molecule has 0 saturated carbocycles. The van der Waals surface area contributed by atoms with Gasteiger partial charge in [-0.1, -0.05) is 17.7 Å². The van der Waals surface area contributed by atoms with Crippen molar-refractivity contribution in [1.29, 1.82) is 0 Å². The van der Waals surface area contributed by atoms with Crippen LogP contribution in [-0.2, 0) is 10.0 Å². The van der Waals surface area contributed by atoms with Gasteiger partial charge in [0, 0.05) is 13.1 Å². The number of nitrogens with zero attached hydrogens (tertiary/aromatic N) is 1. The molecule has 1 aromatic rings. The SMILES string of the molecule is CNCC1CCCN(S(=O)(=O)c2ccc(C)cc2C)C1. The summed E-state index contributed by atoms with van der Waals surface area (Å²) in [4.78, 5) is 0.452. The van der Waals surface area contributed by atoms with Crippen LogP contribution in [0.5, 0.6) is 0 Å². The highest BCUT2D eigenvalue weighted by molar-refractivity contribution is 7.89. The van der Waals surface area contributed by atoms with Crippen LogP contribution in [0, 0.1) is 19.8 Å². The van der Waals surface area contributed by atoms with Crippen LogP contribution in [0.25, 0.3) is 0 Å². The van der Waals surface area contributed by atoms with E-state index in [-0.39, 0.29) is 0 Å². The summed E-state index contributed by atoms with van der Waals surface area (Å²) in [5, 5.41) is 3.15. The number of hydrogen-bond acceptors (Lipinski definition) is 3. The van der Waals surface area contributed by atoms with Crippen molar-refractivity contribution in [3.8, 4) is 0 Å². The monoisotopic (exact) mass is 296 g/mol. The molecule has 5 heteroatoms. The first kappa shape index (κ1) is 15.5. The molecule has 112 valence electrons. The van der Waals surface area contributed by atoms with Gasteiger partial charge < -0.3 is 5.32 Å². The Kier molecular flexibility index (Phi) is 4.83. The molecule has 4 nitrogen and oxygen atoms in total. The van der Waals surface area contributed by atoms with Gasteiger partial charge >= 0.3 is 0 Å². The number of sulfonamides is 1. The summed E-state index contributed by atoms with van der Waals surface area (Å²) in [6.45, 7) is 5.98. The molecule has 0 aliphatic carbocycles. The molecule has 0 amide bonds. The van der Waals surface area contributed by atoms with E-state index in [4.69, 9.17) is 0 Å². The minimum Gasteiger partial charge on any atom is -0.319 e. The van der Waals surface area contributed by atoms with Gasteiger partial charge in [-0.05, 0) is 57.8 Å². The van der Waals surface area contributed by atoms with Crippen molar-refractivity contribution in [2.45, 2.75) is 31.6 Å². The van der Waals surface area contributed by atoms with Crippen LogP contribution in [-0.4, -0.2) is 39.4 Å². The molecule has 0 bridgehead atoms. The van der Waals surface area contributed by atoms with E-state index in [0.717, 1.165) is 30.5 Å². The molecule has 1 fully saturated rings. The Balaban J connectivity index is 2.25. The van der Waals surface area contributed by atoms with Crippen molar-refractivity contribution >= 4 is 10.0 Å². The quantitative estimate of drug-likeness (QED) is 0.923. The Hall–Kier alpha value is -0.910. The van der Waals surface area contributed by atoms with E-state index in [1.807, 2.05) is 33.0 Å². The lowest BCUT2D eigenvalue weighted by molar-refractivity contribution is 0.263. The van der Waals surface area contributed by atoms with Crippen molar-refractivity contribution < 1.29 is 8.42 Å². The molecule has 0 spiro atoms. The summed E-state index contributed by atoms with van der Waals surface area (Å²) in [5.74, 6) is 0.411. The van der Waals surface area contributed by atoms with Gasteiger partial charge in [0.25, 0.3) is 0 Å².